The third-order valence-electron chi connectivity index (χ3n) is 2.62. The molecular formula is C14H11NO4S. The number of ketones is 2. The second-order valence-electron chi connectivity index (χ2n) is 4.13. The van der Waals surface area contributed by atoms with E-state index in [0.29, 0.717) is 12.0 Å². The highest BCUT2D eigenvalue weighted by atomic mass is 32.1. The molecule has 0 radical (unpaired) electrons. The number of thiophene rings is 1. The first-order valence-corrected chi connectivity index (χ1v) is 6.71. The summed E-state index contributed by atoms with van der Waals surface area (Å²) < 4.78 is 0. The minimum Gasteiger partial charge on any atom is -0.475 e. The molecule has 0 unspecified atom stereocenters. The normalized spacial score (nSPS) is 10.2. The van der Waals surface area contributed by atoms with Crippen LogP contribution in [0.3, 0.4) is 0 Å². The van der Waals surface area contributed by atoms with E-state index >= 15 is 0 Å². The number of rotatable bonds is 6. The van der Waals surface area contributed by atoms with Gasteiger partial charge in [0.15, 0.2) is 5.78 Å². The number of carboxylic acids is 1. The molecule has 0 saturated heterocycles. The molecule has 2 rings (SSSR count). The summed E-state index contributed by atoms with van der Waals surface area (Å²) in [4.78, 5) is 38.3. The van der Waals surface area contributed by atoms with Crippen LogP contribution in [0, 0.1) is 0 Å². The van der Waals surface area contributed by atoms with Crippen LogP contribution >= 0.6 is 11.3 Å². The van der Waals surface area contributed by atoms with E-state index in [4.69, 9.17) is 5.11 Å². The van der Waals surface area contributed by atoms with Gasteiger partial charge in [-0.3, -0.25) is 14.6 Å². The summed E-state index contributed by atoms with van der Waals surface area (Å²) in [6, 6.07) is 7.27. The zero-order valence-electron chi connectivity index (χ0n) is 10.4. The van der Waals surface area contributed by atoms with Crippen molar-refractivity contribution in [3.05, 3.63) is 52.0 Å². The second-order valence-corrected chi connectivity index (χ2v) is 5.12. The standard InChI is InChI=1S/C14H11NO4S/c16-12(7-13(17)14(18)19)9-5-11(20-8-9)6-10-3-1-2-4-15-10/h1-5,8H,6-7H2,(H,18,19). The summed E-state index contributed by atoms with van der Waals surface area (Å²) >= 11 is 1.39. The third kappa shape index (κ3) is 3.58. The van der Waals surface area contributed by atoms with Crippen molar-refractivity contribution < 1.29 is 19.5 Å². The van der Waals surface area contributed by atoms with Crippen LogP contribution in [0.15, 0.2) is 35.8 Å². The van der Waals surface area contributed by atoms with Crippen LogP contribution in [0.25, 0.3) is 0 Å². The Morgan fingerprint density at radius 3 is 2.70 bits per heavy atom. The summed E-state index contributed by atoms with van der Waals surface area (Å²) in [5.74, 6) is -3.14. The number of Topliss-reactive ketones (excluding diaryl/α,β-unsaturated/α-hetero) is 2. The molecule has 0 saturated carbocycles. The van der Waals surface area contributed by atoms with E-state index in [2.05, 4.69) is 4.98 Å². The molecule has 102 valence electrons. The first kappa shape index (κ1) is 14.1. The average Bonchev–Trinajstić information content (AvgIpc) is 2.88. The maximum Gasteiger partial charge on any atom is 0.372 e. The SMILES string of the molecule is O=C(O)C(=O)CC(=O)c1csc(Cc2ccccn2)c1. The number of nitrogens with zero attached hydrogens (tertiary/aromatic N) is 1. The van der Waals surface area contributed by atoms with Gasteiger partial charge in [0.2, 0.25) is 5.78 Å². The highest BCUT2D eigenvalue weighted by Crippen LogP contribution is 2.19. The molecule has 0 aliphatic heterocycles. The molecule has 0 bridgehead atoms. The van der Waals surface area contributed by atoms with Crippen LogP contribution in [0.1, 0.15) is 27.3 Å². The number of carbonyl (C=O) groups is 3. The molecule has 0 spiro atoms. The van der Waals surface area contributed by atoms with E-state index in [0.717, 1.165) is 10.6 Å². The van der Waals surface area contributed by atoms with E-state index in [1.807, 2.05) is 18.2 Å². The predicted molar refractivity (Wildman–Crippen MR) is 73.0 cm³/mol. The number of carboxylic acid groups (broad SMARTS) is 1. The van der Waals surface area contributed by atoms with Crippen LogP contribution in [0.5, 0.6) is 0 Å². The van der Waals surface area contributed by atoms with Crippen LogP contribution in [0.4, 0.5) is 0 Å². The van der Waals surface area contributed by atoms with E-state index in [-0.39, 0.29) is 0 Å². The van der Waals surface area contributed by atoms with Gasteiger partial charge in [0.05, 0.1) is 6.42 Å². The molecule has 0 aliphatic rings. The van der Waals surface area contributed by atoms with Crippen molar-refractivity contribution in [3.8, 4) is 0 Å². The Labute approximate surface area is 118 Å². The van der Waals surface area contributed by atoms with Crippen molar-refractivity contribution in [1.82, 2.24) is 4.98 Å². The highest BCUT2D eigenvalue weighted by Gasteiger charge is 2.18. The topological polar surface area (TPSA) is 84.3 Å². The lowest BCUT2D eigenvalue weighted by molar-refractivity contribution is -0.148. The minimum absolute atomic E-state index is 0.371. The van der Waals surface area contributed by atoms with Gasteiger partial charge in [-0.1, -0.05) is 6.07 Å². The van der Waals surface area contributed by atoms with Gasteiger partial charge < -0.3 is 5.11 Å². The molecule has 1 N–H and O–H groups in total. The predicted octanol–water partition coefficient (Wildman–Crippen LogP) is 1.96. The first-order chi connectivity index (χ1) is 9.56. The summed E-state index contributed by atoms with van der Waals surface area (Å²) in [7, 11) is 0. The Kier molecular flexibility index (Phi) is 4.37. The molecule has 0 aliphatic carbocycles. The molecule has 20 heavy (non-hydrogen) atoms. The minimum atomic E-state index is -1.58. The van der Waals surface area contributed by atoms with Crippen molar-refractivity contribution in [3.63, 3.8) is 0 Å². The summed E-state index contributed by atoms with van der Waals surface area (Å²) in [5, 5.41) is 10.1. The lowest BCUT2D eigenvalue weighted by atomic mass is 10.1. The van der Waals surface area contributed by atoms with Crippen molar-refractivity contribution in [1.29, 1.82) is 0 Å². The third-order valence-corrected chi connectivity index (χ3v) is 3.55. The molecule has 5 nitrogen and oxygen atoms in total. The molecule has 0 atom stereocenters. The number of aliphatic carboxylic acids is 1. The van der Waals surface area contributed by atoms with Gasteiger partial charge in [0.1, 0.15) is 0 Å². The van der Waals surface area contributed by atoms with Gasteiger partial charge >= 0.3 is 5.97 Å². The molecule has 2 aromatic heterocycles. The number of hydrogen-bond acceptors (Lipinski definition) is 5. The van der Waals surface area contributed by atoms with Gasteiger partial charge in [0, 0.05) is 34.1 Å². The molecule has 6 heteroatoms. The Hall–Kier alpha value is -2.34. The largest absolute Gasteiger partial charge is 0.475 e. The van der Waals surface area contributed by atoms with E-state index in [9.17, 15) is 14.4 Å². The maximum absolute atomic E-state index is 11.7. The zero-order chi connectivity index (χ0) is 14.5. The zero-order valence-corrected chi connectivity index (χ0v) is 11.2. The molecular weight excluding hydrogens is 278 g/mol. The monoisotopic (exact) mass is 289 g/mol. The molecule has 0 fully saturated rings. The van der Waals surface area contributed by atoms with Crippen molar-refractivity contribution in [2.45, 2.75) is 12.8 Å². The maximum atomic E-state index is 11.7. The van der Waals surface area contributed by atoms with Crippen molar-refractivity contribution in [2.24, 2.45) is 0 Å². The number of carbonyl (C=O) groups excluding carboxylic acids is 2. The van der Waals surface area contributed by atoms with E-state index in [1.165, 1.54) is 11.3 Å². The van der Waals surface area contributed by atoms with Gasteiger partial charge in [-0.15, -0.1) is 11.3 Å². The average molecular weight is 289 g/mol. The highest BCUT2D eigenvalue weighted by molar-refractivity contribution is 7.10. The Bertz CT molecular complexity index is 648. The van der Waals surface area contributed by atoms with E-state index < -0.39 is 24.0 Å². The van der Waals surface area contributed by atoms with Gasteiger partial charge in [-0.25, -0.2) is 4.79 Å². The molecule has 2 aromatic rings. The summed E-state index contributed by atoms with van der Waals surface area (Å²) in [6.07, 6.45) is 1.70. The Morgan fingerprint density at radius 1 is 1.25 bits per heavy atom. The lowest BCUT2D eigenvalue weighted by Crippen LogP contribution is -2.16. The first-order valence-electron chi connectivity index (χ1n) is 5.83. The van der Waals surface area contributed by atoms with Crippen LogP contribution in [-0.2, 0) is 16.0 Å². The molecule has 0 aromatic carbocycles. The van der Waals surface area contributed by atoms with Crippen LogP contribution < -0.4 is 0 Å². The van der Waals surface area contributed by atoms with Gasteiger partial charge in [-0.05, 0) is 18.2 Å². The van der Waals surface area contributed by atoms with Crippen molar-refractivity contribution in [2.75, 3.05) is 0 Å². The molecule has 0 amide bonds. The smallest absolute Gasteiger partial charge is 0.372 e. The number of hydrogen-bond donors (Lipinski definition) is 1. The fourth-order valence-electron chi connectivity index (χ4n) is 1.62. The Balaban J connectivity index is 2.04. The molecule has 2 heterocycles. The number of pyridine rings is 1. The lowest BCUT2D eigenvalue weighted by Gasteiger charge is -1.96. The summed E-state index contributed by atoms with van der Waals surface area (Å²) in [5.41, 5.74) is 1.26. The van der Waals surface area contributed by atoms with Gasteiger partial charge in [0.25, 0.3) is 0 Å². The Morgan fingerprint density at radius 2 is 2.05 bits per heavy atom. The fourth-order valence-corrected chi connectivity index (χ4v) is 2.53. The second kappa shape index (κ2) is 6.21. The van der Waals surface area contributed by atoms with Crippen molar-refractivity contribution >= 4 is 28.9 Å². The van der Waals surface area contributed by atoms with Crippen LogP contribution in [0.2, 0.25) is 0 Å². The van der Waals surface area contributed by atoms with E-state index in [1.54, 1.807) is 17.6 Å². The number of aromatic nitrogens is 1. The quantitative estimate of drug-likeness (QED) is 0.499. The summed E-state index contributed by atoms with van der Waals surface area (Å²) in [6.45, 7) is 0. The van der Waals surface area contributed by atoms with Gasteiger partial charge in [-0.2, -0.15) is 0 Å². The fraction of sp³-hybridized carbons (Fsp3) is 0.143. The van der Waals surface area contributed by atoms with Crippen LogP contribution in [-0.4, -0.2) is 27.6 Å².